The first-order valence-corrected chi connectivity index (χ1v) is 8.92. The maximum atomic E-state index is 12.9. The lowest BCUT2D eigenvalue weighted by Gasteiger charge is -2.26. The van der Waals surface area contributed by atoms with Crippen molar-refractivity contribution >= 4 is 10.0 Å². The van der Waals surface area contributed by atoms with Crippen LogP contribution in [0.3, 0.4) is 0 Å². The lowest BCUT2D eigenvalue weighted by atomic mass is 10.1. The lowest BCUT2D eigenvalue weighted by molar-refractivity contribution is 0.333. The van der Waals surface area contributed by atoms with Crippen LogP contribution < -0.4 is 5.73 Å². The number of nitrogens with zero attached hydrogens (tertiary/aromatic N) is 1. The van der Waals surface area contributed by atoms with Crippen molar-refractivity contribution in [1.82, 2.24) is 4.31 Å². The Morgan fingerprint density at radius 1 is 1.10 bits per heavy atom. The summed E-state index contributed by atoms with van der Waals surface area (Å²) in [4.78, 5) is 0.342. The van der Waals surface area contributed by atoms with Gasteiger partial charge in [-0.15, -0.1) is 0 Å². The molecular formula is C16H28N2O2S. The van der Waals surface area contributed by atoms with Gasteiger partial charge >= 0.3 is 0 Å². The fourth-order valence-corrected chi connectivity index (χ4v) is 4.08. The second-order valence-electron chi connectivity index (χ2n) is 6.40. The molecule has 21 heavy (non-hydrogen) atoms. The Kier molecular flexibility index (Phi) is 6.38. The van der Waals surface area contributed by atoms with Gasteiger partial charge in [0.05, 0.1) is 4.90 Å². The molecule has 1 aromatic rings. The summed E-state index contributed by atoms with van der Waals surface area (Å²) in [6, 6.07) is 5.22. The highest BCUT2D eigenvalue weighted by Gasteiger charge is 2.26. The molecule has 0 spiro atoms. The molecule has 0 aliphatic carbocycles. The van der Waals surface area contributed by atoms with Crippen LogP contribution in [0.5, 0.6) is 0 Å². The number of hydrogen-bond acceptors (Lipinski definition) is 3. The highest BCUT2D eigenvalue weighted by molar-refractivity contribution is 7.89. The molecule has 0 unspecified atom stereocenters. The molecule has 4 nitrogen and oxygen atoms in total. The predicted octanol–water partition coefficient (Wildman–Crippen LogP) is 2.76. The Balaban J connectivity index is 3.21. The standard InChI is InChI=1S/C16H28N2O2S/c1-12(2)10-18(11-13(3)4)21(19,20)16-7-6-14(5)15(8-16)9-17/h6-8,12-13H,9-11,17H2,1-5H3. The number of nitrogens with two attached hydrogens (primary N) is 1. The van der Waals surface area contributed by atoms with Gasteiger partial charge in [0.15, 0.2) is 0 Å². The van der Waals surface area contributed by atoms with E-state index >= 15 is 0 Å². The Labute approximate surface area is 129 Å². The summed E-state index contributed by atoms with van der Waals surface area (Å²) in [6.45, 7) is 11.5. The summed E-state index contributed by atoms with van der Waals surface area (Å²) in [7, 11) is -3.46. The van der Waals surface area contributed by atoms with Crippen LogP contribution in [0.25, 0.3) is 0 Å². The van der Waals surface area contributed by atoms with E-state index in [1.165, 1.54) is 0 Å². The van der Waals surface area contributed by atoms with Gasteiger partial charge in [0, 0.05) is 19.6 Å². The summed E-state index contributed by atoms with van der Waals surface area (Å²) in [5.41, 5.74) is 7.60. The van der Waals surface area contributed by atoms with Gasteiger partial charge in [0.2, 0.25) is 10.0 Å². The summed E-state index contributed by atoms with van der Waals surface area (Å²) < 4.78 is 27.3. The monoisotopic (exact) mass is 312 g/mol. The molecule has 0 radical (unpaired) electrons. The van der Waals surface area contributed by atoms with Gasteiger partial charge in [-0.05, 0) is 42.0 Å². The van der Waals surface area contributed by atoms with E-state index in [4.69, 9.17) is 5.73 Å². The van der Waals surface area contributed by atoms with Crippen LogP contribution in [-0.2, 0) is 16.6 Å². The Morgan fingerprint density at radius 2 is 1.62 bits per heavy atom. The van der Waals surface area contributed by atoms with E-state index in [0.29, 0.717) is 24.5 Å². The van der Waals surface area contributed by atoms with Crippen LogP contribution in [0, 0.1) is 18.8 Å². The first kappa shape index (κ1) is 18.1. The summed E-state index contributed by atoms with van der Waals surface area (Å²) in [5.74, 6) is 0.580. The van der Waals surface area contributed by atoms with Gasteiger partial charge in [-0.1, -0.05) is 33.8 Å². The van der Waals surface area contributed by atoms with Gasteiger partial charge < -0.3 is 5.73 Å². The van der Waals surface area contributed by atoms with Crippen LogP contribution in [0.4, 0.5) is 0 Å². The fourth-order valence-electron chi connectivity index (χ4n) is 2.26. The van der Waals surface area contributed by atoms with Crippen molar-refractivity contribution in [3.63, 3.8) is 0 Å². The van der Waals surface area contributed by atoms with Gasteiger partial charge in [-0.25, -0.2) is 8.42 Å². The number of rotatable bonds is 7. The Morgan fingerprint density at radius 3 is 2.05 bits per heavy atom. The van der Waals surface area contributed by atoms with Crippen molar-refractivity contribution < 1.29 is 8.42 Å². The van der Waals surface area contributed by atoms with E-state index in [1.807, 2.05) is 40.7 Å². The fraction of sp³-hybridized carbons (Fsp3) is 0.625. The largest absolute Gasteiger partial charge is 0.326 e. The SMILES string of the molecule is Cc1ccc(S(=O)(=O)N(CC(C)C)CC(C)C)cc1CN. The molecule has 0 aromatic heterocycles. The molecule has 2 N–H and O–H groups in total. The van der Waals surface area contributed by atoms with Crippen LogP contribution >= 0.6 is 0 Å². The maximum absolute atomic E-state index is 12.9. The highest BCUT2D eigenvalue weighted by Crippen LogP contribution is 2.21. The molecule has 0 atom stereocenters. The van der Waals surface area contributed by atoms with Crippen molar-refractivity contribution in [2.75, 3.05) is 13.1 Å². The number of sulfonamides is 1. The first-order valence-electron chi connectivity index (χ1n) is 7.48. The second-order valence-corrected chi connectivity index (χ2v) is 8.34. The third-order valence-corrected chi connectivity index (χ3v) is 5.14. The molecule has 0 fully saturated rings. The molecule has 1 rings (SSSR count). The first-order chi connectivity index (χ1) is 9.68. The van der Waals surface area contributed by atoms with E-state index in [-0.39, 0.29) is 11.8 Å². The molecule has 1 aromatic carbocycles. The minimum atomic E-state index is -3.46. The molecule has 0 aliphatic rings. The van der Waals surface area contributed by atoms with Crippen molar-refractivity contribution in [2.24, 2.45) is 17.6 Å². The van der Waals surface area contributed by atoms with E-state index in [9.17, 15) is 8.42 Å². The molecule has 0 saturated heterocycles. The molecule has 120 valence electrons. The normalized spacial score (nSPS) is 12.6. The Hall–Kier alpha value is -0.910. The molecule has 0 bridgehead atoms. The minimum absolute atomic E-state index is 0.290. The van der Waals surface area contributed by atoms with E-state index in [2.05, 4.69) is 0 Å². The molecule has 0 heterocycles. The summed E-state index contributed by atoms with van der Waals surface area (Å²) >= 11 is 0. The smallest absolute Gasteiger partial charge is 0.243 e. The quantitative estimate of drug-likeness (QED) is 0.842. The van der Waals surface area contributed by atoms with Crippen molar-refractivity contribution in [3.8, 4) is 0 Å². The lowest BCUT2D eigenvalue weighted by Crippen LogP contribution is -2.37. The zero-order valence-electron chi connectivity index (χ0n) is 13.8. The molecule has 5 heteroatoms. The second kappa shape index (κ2) is 7.38. The highest BCUT2D eigenvalue weighted by atomic mass is 32.2. The van der Waals surface area contributed by atoms with Crippen LogP contribution in [0.15, 0.2) is 23.1 Å². The van der Waals surface area contributed by atoms with Crippen molar-refractivity contribution in [2.45, 2.75) is 46.1 Å². The van der Waals surface area contributed by atoms with Crippen LogP contribution in [-0.4, -0.2) is 25.8 Å². The topological polar surface area (TPSA) is 63.4 Å². The third kappa shape index (κ3) is 4.80. The van der Waals surface area contributed by atoms with Crippen molar-refractivity contribution in [1.29, 1.82) is 0 Å². The van der Waals surface area contributed by atoms with Gasteiger partial charge in [-0.2, -0.15) is 4.31 Å². The predicted molar refractivity (Wildman–Crippen MR) is 87.5 cm³/mol. The maximum Gasteiger partial charge on any atom is 0.243 e. The zero-order chi connectivity index (χ0) is 16.2. The third-order valence-electron chi connectivity index (χ3n) is 3.32. The van der Waals surface area contributed by atoms with Gasteiger partial charge in [-0.3, -0.25) is 0 Å². The average Bonchev–Trinajstić information content (AvgIpc) is 2.37. The Bertz CT molecular complexity index is 556. The number of benzene rings is 1. The molecule has 0 saturated carbocycles. The summed E-state index contributed by atoms with van der Waals surface area (Å²) in [5, 5.41) is 0. The van der Waals surface area contributed by atoms with E-state index in [1.54, 1.807) is 16.4 Å². The van der Waals surface area contributed by atoms with Gasteiger partial charge in [0.1, 0.15) is 0 Å². The number of aryl methyl sites for hydroxylation is 1. The molecular weight excluding hydrogens is 284 g/mol. The van der Waals surface area contributed by atoms with Crippen LogP contribution in [0.2, 0.25) is 0 Å². The summed E-state index contributed by atoms with van der Waals surface area (Å²) in [6.07, 6.45) is 0. The van der Waals surface area contributed by atoms with Gasteiger partial charge in [0.25, 0.3) is 0 Å². The molecule has 0 aliphatic heterocycles. The van der Waals surface area contributed by atoms with Crippen molar-refractivity contribution in [3.05, 3.63) is 29.3 Å². The average molecular weight is 312 g/mol. The van der Waals surface area contributed by atoms with E-state index in [0.717, 1.165) is 11.1 Å². The molecule has 0 amide bonds. The number of hydrogen-bond donors (Lipinski definition) is 1. The van der Waals surface area contributed by atoms with E-state index < -0.39 is 10.0 Å². The van der Waals surface area contributed by atoms with Crippen LogP contribution in [0.1, 0.15) is 38.8 Å². The minimum Gasteiger partial charge on any atom is -0.326 e. The zero-order valence-corrected chi connectivity index (χ0v) is 14.6.